The third-order valence-electron chi connectivity index (χ3n) is 5.43. The first-order valence-corrected chi connectivity index (χ1v) is 10.7. The smallest absolute Gasteiger partial charge is 0.260 e. The largest absolute Gasteiger partial charge is 0.304 e. The predicted octanol–water partition coefficient (Wildman–Crippen LogP) is 4.58. The number of rotatable bonds is 5. The number of likely N-dealkylation sites (N-methyl/N-ethyl adjacent to an activating group) is 1. The van der Waals surface area contributed by atoms with E-state index < -0.39 is 6.04 Å². The van der Waals surface area contributed by atoms with Crippen molar-refractivity contribution in [3.63, 3.8) is 0 Å². The fourth-order valence-corrected chi connectivity index (χ4v) is 4.34. The van der Waals surface area contributed by atoms with Crippen molar-refractivity contribution >= 4 is 45.6 Å². The molecule has 0 saturated carbocycles. The van der Waals surface area contributed by atoms with Gasteiger partial charge >= 0.3 is 0 Å². The number of fused-ring (bicyclic) bond motifs is 1. The first-order chi connectivity index (χ1) is 14.5. The molecule has 1 unspecified atom stereocenters. The van der Waals surface area contributed by atoms with Gasteiger partial charge in [0.15, 0.2) is 0 Å². The van der Waals surface area contributed by atoms with E-state index in [2.05, 4.69) is 52.0 Å². The first-order valence-electron chi connectivity index (χ1n) is 9.93. The summed E-state index contributed by atoms with van der Waals surface area (Å²) in [5.74, 6) is -0.120. The molecule has 1 aliphatic rings. The third kappa shape index (κ3) is 4.87. The van der Waals surface area contributed by atoms with Crippen molar-refractivity contribution in [3.8, 4) is 0 Å². The third-order valence-corrected chi connectivity index (χ3v) is 5.87. The van der Waals surface area contributed by atoms with Crippen molar-refractivity contribution in [2.24, 2.45) is 0 Å². The van der Waals surface area contributed by atoms with Crippen LogP contribution in [0, 0.1) is 0 Å². The van der Waals surface area contributed by atoms with E-state index in [1.807, 2.05) is 18.2 Å². The van der Waals surface area contributed by atoms with Crippen LogP contribution >= 0.6 is 23.2 Å². The van der Waals surface area contributed by atoms with Crippen LogP contribution in [0.2, 0.25) is 10.0 Å². The fraction of sp³-hybridized carbons (Fsp3) is 0.261. The van der Waals surface area contributed by atoms with E-state index in [1.165, 1.54) is 0 Å². The van der Waals surface area contributed by atoms with E-state index in [1.54, 1.807) is 18.2 Å². The normalized spacial score (nSPS) is 16.4. The number of hydrogen-bond acceptors (Lipinski definition) is 4. The summed E-state index contributed by atoms with van der Waals surface area (Å²) in [6, 6.07) is 19.1. The molecule has 3 aromatic rings. The molecule has 1 fully saturated rings. The molecule has 1 atom stereocenters. The van der Waals surface area contributed by atoms with Gasteiger partial charge in [0, 0.05) is 36.2 Å². The van der Waals surface area contributed by atoms with Gasteiger partial charge in [0.2, 0.25) is 0 Å². The molecular weight excluding hydrogens is 419 g/mol. The second kappa shape index (κ2) is 9.23. The minimum Gasteiger partial charge on any atom is -0.304 e. The van der Waals surface area contributed by atoms with Crippen LogP contribution in [0.25, 0.3) is 10.8 Å². The van der Waals surface area contributed by atoms with E-state index in [-0.39, 0.29) is 5.91 Å². The van der Waals surface area contributed by atoms with Crippen LogP contribution in [0.15, 0.2) is 60.7 Å². The maximum absolute atomic E-state index is 13.3. The van der Waals surface area contributed by atoms with Crippen LogP contribution < -0.4 is 10.9 Å². The monoisotopic (exact) mass is 442 g/mol. The molecule has 1 heterocycles. The molecule has 0 aromatic heterocycles. The number of nitrogens with one attached hydrogen (secondary N) is 2. The van der Waals surface area contributed by atoms with Crippen LogP contribution in [0.1, 0.15) is 11.6 Å². The Balaban J connectivity index is 1.59. The maximum Gasteiger partial charge on any atom is 0.260 e. The maximum atomic E-state index is 13.3. The number of carbonyl (C=O) groups is 1. The molecule has 156 valence electrons. The highest BCUT2D eigenvalue weighted by Gasteiger charge is 2.30. The molecule has 0 aliphatic carbocycles. The number of halogens is 2. The Morgan fingerprint density at radius 1 is 0.900 bits per heavy atom. The number of nitrogens with zero attached hydrogens (tertiary/aromatic N) is 2. The highest BCUT2D eigenvalue weighted by Crippen LogP contribution is 2.27. The van der Waals surface area contributed by atoms with E-state index >= 15 is 0 Å². The van der Waals surface area contributed by atoms with E-state index in [4.69, 9.17) is 23.2 Å². The molecule has 4 rings (SSSR count). The lowest BCUT2D eigenvalue weighted by molar-refractivity contribution is -0.126. The molecule has 0 spiro atoms. The molecule has 0 radical (unpaired) electrons. The van der Waals surface area contributed by atoms with Crippen LogP contribution in [0.3, 0.4) is 0 Å². The molecule has 30 heavy (non-hydrogen) atoms. The van der Waals surface area contributed by atoms with Gasteiger partial charge in [-0.05, 0) is 47.6 Å². The van der Waals surface area contributed by atoms with Crippen molar-refractivity contribution in [1.82, 2.24) is 15.2 Å². The Hall–Kier alpha value is -2.31. The average molecular weight is 443 g/mol. The topological polar surface area (TPSA) is 47.6 Å². The van der Waals surface area contributed by atoms with Gasteiger partial charge in [-0.15, -0.1) is 0 Å². The van der Waals surface area contributed by atoms with Crippen LogP contribution in [-0.4, -0.2) is 48.9 Å². The quantitative estimate of drug-likeness (QED) is 0.567. The van der Waals surface area contributed by atoms with Gasteiger partial charge in [-0.1, -0.05) is 59.6 Å². The van der Waals surface area contributed by atoms with Crippen molar-refractivity contribution in [2.75, 3.05) is 38.7 Å². The second-order valence-electron chi connectivity index (χ2n) is 7.62. The number of amides is 1. The van der Waals surface area contributed by atoms with Crippen molar-refractivity contribution < 1.29 is 4.79 Å². The van der Waals surface area contributed by atoms with Crippen molar-refractivity contribution in [1.29, 1.82) is 0 Å². The molecular formula is C23H24Cl2N4O. The average Bonchev–Trinajstić information content (AvgIpc) is 2.73. The van der Waals surface area contributed by atoms with Crippen LogP contribution in [0.5, 0.6) is 0 Å². The van der Waals surface area contributed by atoms with Gasteiger partial charge in [-0.2, -0.15) is 0 Å². The van der Waals surface area contributed by atoms with Gasteiger partial charge < -0.3 is 4.90 Å². The predicted molar refractivity (Wildman–Crippen MR) is 124 cm³/mol. The lowest BCUT2D eigenvalue weighted by Gasteiger charge is -2.37. The summed E-state index contributed by atoms with van der Waals surface area (Å²) in [7, 11) is 2.10. The molecule has 0 bridgehead atoms. The highest BCUT2D eigenvalue weighted by atomic mass is 35.5. The number of anilines is 1. The number of hydrazine groups is 1. The molecule has 1 amide bonds. The van der Waals surface area contributed by atoms with Gasteiger partial charge in [0.25, 0.3) is 5.91 Å². The summed E-state index contributed by atoms with van der Waals surface area (Å²) in [6.07, 6.45) is 0. The zero-order chi connectivity index (χ0) is 21.1. The SMILES string of the molecule is CN1CCN(C(C(=O)NNc2cc(Cl)cc(Cl)c2)c2ccc3ccccc3c2)CC1. The van der Waals surface area contributed by atoms with Crippen molar-refractivity contribution in [2.45, 2.75) is 6.04 Å². The summed E-state index contributed by atoms with van der Waals surface area (Å²) < 4.78 is 0. The summed E-state index contributed by atoms with van der Waals surface area (Å²) >= 11 is 12.1. The number of hydrogen-bond donors (Lipinski definition) is 2. The molecule has 2 N–H and O–H groups in total. The minimum absolute atomic E-state index is 0.120. The Labute approximate surface area is 186 Å². The standard InChI is InChI=1S/C23H24Cl2N4O/c1-28-8-10-29(11-9-28)22(18-7-6-16-4-2-3-5-17(16)12-18)23(30)27-26-21-14-19(24)13-20(25)15-21/h2-7,12-15,22,26H,8-11H2,1H3,(H,27,30). The van der Waals surface area contributed by atoms with Crippen LogP contribution in [0.4, 0.5) is 5.69 Å². The number of piperazine rings is 1. The molecule has 1 aliphatic heterocycles. The Morgan fingerprint density at radius 3 is 2.27 bits per heavy atom. The summed E-state index contributed by atoms with van der Waals surface area (Å²) in [6.45, 7) is 3.50. The summed E-state index contributed by atoms with van der Waals surface area (Å²) in [5, 5.41) is 3.29. The highest BCUT2D eigenvalue weighted by molar-refractivity contribution is 6.35. The Morgan fingerprint density at radius 2 is 1.57 bits per heavy atom. The zero-order valence-corrected chi connectivity index (χ0v) is 18.2. The lowest BCUT2D eigenvalue weighted by atomic mass is 9.99. The fourth-order valence-electron chi connectivity index (χ4n) is 3.81. The second-order valence-corrected chi connectivity index (χ2v) is 8.49. The van der Waals surface area contributed by atoms with E-state index in [9.17, 15) is 4.79 Å². The van der Waals surface area contributed by atoms with E-state index in [0.29, 0.717) is 15.7 Å². The van der Waals surface area contributed by atoms with Gasteiger partial charge in [0.05, 0.1) is 5.69 Å². The number of benzene rings is 3. The first kappa shape index (κ1) is 20.9. The van der Waals surface area contributed by atoms with Gasteiger partial charge in [-0.3, -0.25) is 20.5 Å². The Kier molecular flexibility index (Phi) is 6.44. The van der Waals surface area contributed by atoms with Gasteiger partial charge in [0.1, 0.15) is 6.04 Å². The van der Waals surface area contributed by atoms with Crippen molar-refractivity contribution in [3.05, 3.63) is 76.3 Å². The minimum atomic E-state index is -0.398. The Bertz CT molecular complexity index is 1030. The molecule has 1 saturated heterocycles. The molecule has 3 aromatic carbocycles. The number of carbonyl (C=O) groups excluding carboxylic acids is 1. The zero-order valence-electron chi connectivity index (χ0n) is 16.7. The molecule has 7 heteroatoms. The van der Waals surface area contributed by atoms with Crippen LogP contribution in [-0.2, 0) is 4.79 Å². The molecule has 5 nitrogen and oxygen atoms in total. The van der Waals surface area contributed by atoms with E-state index in [0.717, 1.165) is 42.5 Å². The summed E-state index contributed by atoms with van der Waals surface area (Å²) in [4.78, 5) is 17.8. The summed E-state index contributed by atoms with van der Waals surface area (Å²) in [5.41, 5.74) is 7.41. The lowest BCUT2D eigenvalue weighted by Crippen LogP contribution is -2.50. The van der Waals surface area contributed by atoms with Gasteiger partial charge in [-0.25, -0.2) is 0 Å².